The Labute approximate surface area is 167 Å². The van der Waals surface area contributed by atoms with E-state index in [4.69, 9.17) is 9.47 Å². The molecule has 0 saturated heterocycles. The van der Waals surface area contributed by atoms with Gasteiger partial charge >= 0.3 is 6.09 Å². The summed E-state index contributed by atoms with van der Waals surface area (Å²) in [5, 5.41) is 0. The summed E-state index contributed by atoms with van der Waals surface area (Å²) in [5.74, 6) is 1.12. The third kappa shape index (κ3) is 4.83. The normalized spacial score (nSPS) is 16.6. The summed E-state index contributed by atoms with van der Waals surface area (Å²) >= 11 is 0. The molecule has 1 unspecified atom stereocenters. The van der Waals surface area contributed by atoms with Crippen molar-refractivity contribution in [2.45, 2.75) is 59.3 Å². The molecular weight excluding hydrogens is 352 g/mol. The zero-order valence-corrected chi connectivity index (χ0v) is 17.4. The lowest BCUT2D eigenvalue weighted by molar-refractivity contribution is 0.00876. The van der Waals surface area contributed by atoms with Crippen molar-refractivity contribution in [3.8, 4) is 5.75 Å². The van der Waals surface area contributed by atoms with E-state index in [0.29, 0.717) is 13.2 Å². The van der Waals surface area contributed by atoms with E-state index in [-0.39, 0.29) is 18.1 Å². The molecule has 2 heterocycles. The number of hydrogen-bond acceptors (Lipinski definition) is 4. The fourth-order valence-corrected chi connectivity index (χ4v) is 3.61. The van der Waals surface area contributed by atoms with E-state index in [2.05, 4.69) is 31.0 Å². The number of pyridine rings is 1. The van der Waals surface area contributed by atoms with Crippen LogP contribution in [0.1, 0.15) is 57.5 Å². The Hall–Kier alpha value is -2.56. The summed E-state index contributed by atoms with van der Waals surface area (Å²) in [4.78, 5) is 18.9. The van der Waals surface area contributed by atoms with Gasteiger partial charge in [-0.05, 0) is 68.5 Å². The summed E-state index contributed by atoms with van der Waals surface area (Å²) < 4.78 is 11.6. The van der Waals surface area contributed by atoms with Crippen molar-refractivity contribution in [1.29, 1.82) is 0 Å². The largest absolute Gasteiger partial charge is 0.487 e. The maximum absolute atomic E-state index is 12.7. The van der Waals surface area contributed by atoms with Crippen LogP contribution in [-0.2, 0) is 17.8 Å². The van der Waals surface area contributed by atoms with Crippen LogP contribution in [0.4, 0.5) is 4.79 Å². The minimum atomic E-state index is -0.498. The predicted octanol–water partition coefficient (Wildman–Crippen LogP) is 5.15. The topological polar surface area (TPSA) is 51.7 Å². The van der Waals surface area contributed by atoms with Crippen molar-refractivity contribution in [2.24, 2.45) is 5.92 Å². The Morgan fingerprint density at radius 1 is 1.25 bits per heavy atom. The maximum atomic E-state index is 12.7. The highest BCUT2D eigenvalue weighted by Gasteiger charge is 2.35. The number of nitrogens with zero attached hydrogens (tertiary/aromatic N) is 2. The van der Waals surface area contributed by atoms with Crippen molar-refractivity contribution in [2.75, 3.05) is 6.54 Å². The van der Waals surface area contributed by atoms with Crippen molar-refractivity contribution in [1.82, 2.24) is 9.88 Å². The lowest BCUT2D eigenvalue weighted by Gasteiger charge is -2.40. The van der Waals surface area contributed by atoms with E-state index >= 15 is 0 Å². The summed E-state index contributed by atoms with van der Waals surface area (Å²) in [6.45, 7) is 11.1. The molecule has 150 valence electrons. The van der Waals surface area contributed by atoms with Gasteiger partial charge in [0, 0.05) is 12.7 Å². The number of carbonyl (C=O) groups excluding carboxylic acids is 1. The molecule has 1 aromatic carbocycles. The molecule has 1 aromatic heterocycles. The van der Waals surface area contributed by atoms with Crippen LogP contribution < -0.4 is 4.74 Å². The standard InChI is InChI=1S/C23H30N2O3/c1-16(2)21-20-10-9-19(27-15-18-8-6-7-12-24-18)14-17(20)11-13-25(21)22(26)28-23(3,4)5/h6-10,12,14,16,21H,11,13,15H2,1-5H3. The summed E-state index contributed by atoms with van der Waals surface area (Å²) in [6.07, 6.45) is 2.31. The van der Waals surface area contributed by atoms with Crippen LogP contribution in [0.5, 0.6) is 5.75 Å². The van der Waals surface area contributed by atoms with E-state index in [1.165, 1.54) is 11.1 Å². The van der Waals surface area contributed by atoms with Crippen LogP contribution in [0.25, 0.3) is 0 Å². The SMILES string of the molecule is CC(C)C1c2ccc(OCc3ccccn3)cc2CCN1C(=O)OC(C)(C)C. The lowest BCUT2D eigenvalue weighted by atomic mass is 9.86. The molecule has 0 saturated carbocycles. The van der Waals surface area contributed by atoms with Crippen LogP contribution in [0.3, 0.4) is 0 Å². The summed E-state index contributed by atoms with van der Waals surface area (Å²) in [7, 11) is 0. The zero-order valence-electron chi connectivity index (χ0n) is 17.4. The Balaban J connectivity index is 1.78. The molecule has 0 N–H and O–H groups in total. The first kappa shape index (κ1) is 20.2. The van der Waals surface area contributed by atoms with Crippen molar-refractivity contribution >= 4 is 6.09 Å². The first-order valence-corrected chi connectivity index (χ1v) is 9.90. The van der Waals surface area contributed by atoms with Gasteiger partial charge < -0.3 is 14.4 Å². The van der Waals surface area contributed by atoms with Gasteiger partial charge in [0.1, 0.15) is 18.0 Å². The Kier molecular flexibility index (Phi) is 5.92. The molecule has 1 amide bonds. The molecule has 1 atom stereocenters. The first-order chi connectivity index (χ1) is 13.2. The van der Waals surface area contributed by atoms with E-state index < -0.39 is 5.60 Å². The highest BCUT2D eigenvalue weighted by molar-refractivity contribution is 5.69. The van der Waals surface area contributed by atoms with E-state index in [1.54, 1.807) is 6.20 Å². The highest BCUT2D eigenvalue weighted by atomic mass is 16.6. The Morgan fingerprint density at radius 3 is 2.68 bits per heavy atom. The zero-order chi connectivity index (χ0) is 20.3. The lowest BCUT2D eigenvalue weighted by Crippen LogP contribution is -2.44. The third-order valence-corrected chi connectivity index (χ3v) is 4.76. The Morgan fingerprint density at radius 2 is 2.04 bits per heavy atom. The van der Waals surface area contributed by atoms with Crippen LogP contribution in [0.15, 0.2) is 42.6 Å². The van der Waals surface area contributed by atoms with Crippen LogP contribution in [0.2, 0.25) is 0 Å². The van der Waals surface area contributed by atoms with E-state index in [1.807, 2.05) is 49.9 Å². The molecule has 28 heavy (non-hydrogen) atoms. The van der Waals surface area contributed by atoms with Gasteiger partial charge in [0.25, 0.3) is 0 Å². The van der Waals surface area contributed by atoms with Gasteiger partial charge in [-0.25, -0.2) is 4.79 Å². The molecule has 3 rings (SSSR count). The van der Waals surface area contributed by atoms with Gasteiger partial charge in [-0.1, -0.05) is 26.0 Å². The van der Waals surface area contributed by atoms with Crippen molar-refractivity contribution in [3.05, 3.63) is 59.4 Å². The number of benzene rings is 1. The molecule has 1 aliphatic heterocycles. The smallest absolute Gasteiger partial charge is 0.410 e. The van der Waals surface area contributed by atoms with Gasteiger partial charge in [0.05, 0.1) is 11.7 Å². The third-order valence-electron chi connectivity index (χ3n) is 4.76. The number of amides is 1. The molecule has 2 aromatic rings. The average Bonchev–Trinajstić information content (AvgIpc) is 2.64. The fourth-order valence-electron chi connectivity index (χ4n) is 3.61. The second-order valence-corrected chi connectivity index (χ2v) is 8.58. The summed E-state index contributed by atoms with van der Waals surface area (Å²) in [5.41, 5.74) is 2.81. The maximum Gasteiger partial charge on any atom is 0.410 e. The molecular formula is C23H30N2O3. The highest BCUT2D eigenvalue weighted by Crippen LogP contribution is 2.37. The number of aromatic nitrogens is 1. The van der Waals surface area contributed by atoms with Gasteiger partial charge in [-0.15, -0.1) is 0 Å². The van der Waals surface area contributed by atoms with Gasteiger partial charge in [-0.2, -0.15) is 0 Å². The van der Waals surface area contributed by atoms with Gasteiger partial charge in [-0.3, -0.25) is 4.98 Å². The molecule has 5 nitrogen and oxygen atoms in total. The number of hydrogen-bond donors (Lipinski definition) is 0. The van der Waals surface area contributed by atoms with Gasteiger partial charge in [0.15, 0.2) is 0 Å². The summed E-state index contributed by atoms with van der Waals surface area (Å²) in [6, 6.07) is 12.0. The molecule has 0 spiro atoms. The van der Waals surface area contributed by atoms with E-state index in [0.717, 1.165) is 17.9 Å². The Bertz CT molecular complexity index is 812. The second-order valence-electron chi connectivity index (χ2n) is 8.58. The number of rotatable bonds is 4. The molecule has 0 radical (unpaired) electrons. The van der Waals surface area contributed by atoms with E-state index in [9.17, 15) is 4.79 Å². The van der Waals surface area contributed by atoms with Crippen LogP contribution in [-0.4, -0.2) is 28.1 Å². The van der Waals surface area contributed by atoms with Gasteiger partial charge in [0.2, 0.25) is 0 Å². The predicted molar refractivity (Wildman–Crippen MR) is 109 cm³/mol. The average molecular weight is 383 g/mol. The molecule has 1 aliphatic rings. The van der Waals surface area contributed by atoms with Crippen LogP contribution in [0, 0.1) is 5.92 Å². The minimum Gasteiger partial charge on any atom is -0.487 e. The molecule has 0 aliphatic carbocycles. The molecule has 0 bridgehead atoms. The number of carbonyl (C=O) groups is 1. The number of ether oxygens (including phenoxy) is 2. The second kappa shape index (κ2) is 8.21. The van der Waals surface area contributed by atoms with Crippen molar-refractivity contribution in [3.63, 3.8) is 0 Å². The first-order valence-electron chi connectivity index (χ1n) is 9.90. The monoisotopic (exact) mass is 382 g/mol. The van der Waals surface area contributed by atoms with Crippen LogP contribution >= 0.6 is 0 Å². The fraction of sp³-hybridized carbons (Fsp3) is 0.478. The quantitative estimate of drug-likeness (QED) is 0.734. The minimum absolute atomic E-state index is 0.00319. The molecule has 0 fully saturated rings. The number of fused-ring (bicyclic) bond motifs is 1. The molecule has 5 heteroatoms. The van der Waals surface area contributed by atoms with Crippen molar-refractivity contribution < 1.29 is 14.3 Å².